The number of amides is 1. The van der Waals surface area contributed by atoms with E-state index in [0.717, 1.165) is 24.3 Å². The first-order chi connectivity index (χ1) is 7.25. The number of hydrogen-bond donors (Lipinski definition) is 2. The highest BCUT2D eigenvalue weighted by atomic mass is 32.2. The van der Waals surface area contributed by atoms with Crippen molar-refractivity contribution in [1.29, 1.82) is 0 Å². The van der Waals surface area contributed by atoms with E-state index in [4.69, 9.17) is 0 Å². The summed E-state index contributed by atoms with van der Waals surface area (Å²) in [5.74, 6) is 2.22. The first-order valence-corrected chi connectivity index (χ1v) is 6.67. The molecule has 0 aromatic heterocycles. The molecule has 5 heteroatoms. The summed E-state index contributed by atoms with van der Waals surface area (Å²) in [5, 5.41) is 5.90. The van der Waals surface area contributed by atoms with Gasteiger partial charge in [-0.3, -0.25) is 4.79 Å². The molecule has 2 heterocycles. The van der Waals surface area contributed by atoms with Crippen LogP contribution >= 0.6 is 11.8 Å². The zero-order valence-electron chi connectivity index (χ0n) is 8.67. The second kappa shape index (κ2) is 5.16. The fourth-order valence-electron chi connectivity index (χ4n) is 2.04. The molecule has 2 atom stereocenters. The predicted octanol–water partition coefficient (Wildman–Crippen LogP) is 0.698. The van der Waals surface area contributed by atoms with Crippen LogP contribution in [0.2, 0.25) is 0 Å². The van der Waals surface area contributed by atoms with Crippen LogP contribution in [0.1, 0.15) is 19.3 Å². The Morgan fingerprint density at radius 3 is 2.73 bits per heavy atom. The third kappa shape index (κ3) is 3.08. The second-order valence-electron chi connectivity index (χ2n) is 4.19. The monoisotopic (exact) mass is 232 g/mol. The number of alkyl halides is 1. The van der Waals surface area contributed by atoms with Crippen LogP contribution in [0.25, 0.3) is 0 Å². The van der Waals surface area contributed by atoms with Crippen LogP contribution in [0, 0.1) is 0 Å². The van der Waals surface area contributed by atoms with E-state index in [1.54, 1.807) is 0 Å². The Bertz CT molecular complexity index is 233. The van der Waals surface area contributed by atoms with Crippen molar-refractivity contribution in [1.82, 2.24) is 10.6 Å². The number of rotatable bonds is 2. The molecule has 0 spiro atoms. The number of nitrogens with one attached hydrogen (secondary N) is 2. The van der Waals surface area contributed by atoms with Crippen LogP contribution in [-0.4, -0.2) is 42.2 Å². The fourth-order valence-corrected chi connectivity index (χ4v) is 3.14. The largest absolute Gasteiger partial charge is 0.352 e. The van der Waals surface area contributed by atoms with Crippen LogP contribution in [0.15, 0.2) is 0 Å². The lowest BCUT2D eigenvalue weighted by Gasteiger charge is -2.24. The average Bonchev–Trinajstić information content (AvgIpc) is 2.66. The Kier molecular flexibility index (Phi) is 3.86. The van der Waals surface area contributed by atoms with Crippen LogP contribution in [-0.2, 0) is 4.79 Å². The van der Waals surface area contributed by atoms with Crippen molar-refractivity contribution in [3.63, 3.8) is 0 Å². The topological polar surface area (TPSA) is 41.1 Å². The molecule has 2 rings (SSSR count). The van der Waals surface area contributed by atoms with Gasteiger partial charge in [0.25, 0.3) is 0 Å². The molecule has 2 aliphatic heterocycles. The minimum Gasteiger partial charge on any atom is -0.352 e. The molecule has 0 unspecified atom stereocenters. The Morgan fingerprint density at radius 1 is 1.40 bits per heavy atom. The minimum atomic E-state index is -0.859. The summed E-state index contributed by atoms with van der Waals surface area (Å²) in [6, 6.07) is -0.00575. The molecular formula is C10H17FN2OS. The third-order valence-corrected chi connectivity index (χ3v) is 4.01. The Balaban J connectivity index is 1.76. The van der Waals surface area contributed by atoms with Crippen LogP contribution in [0.4, 0.5) is 4.39 Å². The maximum atomic E-state index is 12.9. The van der Waals surface area contributed by atoms with E-state index < -0.39 is 6.17 Å². The second-order valence-corrected chi connectivity index (χ2v) is 5.41. The van der Waals surface area contributed by atoms with Crippen LogP contribution in [0.3, 0.4) is 0 Å². The molecule has 86 valence electrons. The quantitative estimate of drug-likeness (QED) is 0.736. The average molecular weight is 232 g/mol. The van der Waals surface area contributed by atoms with Gasteiger partial charge < -0.3 is 10.6 Å². The van der Waals surface area contributed by atoms with Crippen molar-refractivity contribution in [3.8, 4) is 0 Å². The molecule has 2 saturated heterocycles. The molecule has 0 aromatic carbocycles. The molecule has 2 fully saturated rings. The maximum Gasteiger partial charge on any atom is 0.237 e. The minimum absolute atomic E-state index is 0.0212. The summed E-state index contributed by atoms with van der Waals surface area (Å²) in [6.45, 7) is 0.318. The molecule has 1 amide bonds. The van der Waals surface area contributed by atoms with Gasteiger partial charge in [0.2, 0.25) is 5.91 Å². The summed E-state index contributed by atoms with van der Waals surface area (Å²) >= 11 is 1.93. The van der Waals surface area contributed by atoms with Gasteiger partial charge in [0, 0.05) is 19.0 Å². The van der Waals surface area contributed by atoms with Gasteiger partial charge in [-0.05, 0) is 24.3 Å². The first-order valence-electron chi connectivity index (χ1n) is 5.51. The number of halogens is 1. The third-order valence-electron chi connectivity index (χ3n) is 2.96. The molecule has 0 bridgehead atoms. The predicted molar refractivity (Wildman–Crippen MR) is 59.8 cm³/mol. The highest BCUT2D eigenvalue weighted by Gasteiger charge is 2.30. The van der Waals surface area contributed by atoms with Gasteiger partial charge in [-0.2, -0.15) is 11.8 Å². The lowest BCUT2D eigenvalue weighted by Crippen LogP contribution is -2.46. The first kappa shape index (κ1) is 11.2. The summed E-state index contributed by atoms with van der Waals surface area (Å²) in [7, 11) is 0. The van der Waals surface area contributed by atoms with Gasteiger partial charge in [0.1, 0.15) is 6.17 Å². The van der Waals surface area contributed by atoms with Gasteiger partial charge in [0.15, 0.2) is 0 Å². The summed E-state index contributed by atoms with van der Waals surface area (Å²) in [4.78, 5) is 11.7. The van der Waals surface area contributed by atoms with Crippen molar-refractivity contribution in [2.75, 3.05) is 18.1 Å². The van der Waals surface area contributed by atoms with Crippen molar-refractivity contribution in [3.05, 3.63) is 0 Å². The molecule has 0 aromatic rings. The summed E-state index contributed by atoms with van der Waals surface area (Å²) in [5.41, 5.74) is 0. The Hall–Kier alpha value is -0.290. The zero-order chi connectivity index (χ0) is 10.7. The van der Waals surface area contributed by atoms with Crippen molar-refractivity contribution < 1.29 is 9.18 Å². The normalized spacial score (nSPS) is 32.9. The molecular weight excluding hydrogens is 215 g/mol. The number of carbonyl (C=O) groups is 1. The molecule has 15 heavy (non-hydrogen) atoms. The molecule has 2 aliphatic rings. The molecule has 0 aliphatic carbocycles. The van der Waals surface area contributed by atoms with E-state index in [-0.39, 0.29) is 11.9 Å². The number of carbonyl (C=O) groups excluding carboxylic acids is 1. The van der Waals surface area contributed by atoms with Crippen molar-refractivity contribution in [2.45, 2.75) is 37.5 Å². The van der Waals surface area contributed by atoms with Gasteiger partial charge >= 0.3 is 0 Å². The Labute approximate surface area is 93.6 Å². The van der Waals surface area contributed by atoms with Gasteiger partial charge in [-0.25, -0.2) is 4.39 Å². The van der Waals surface area contributed by atoms with Crippen molar-refractivity contribution >= 4 is 17.7 Å². The van der Waals surface area contributed by atoms with Crippen LogP contribution in [0.5, 0.6) is 0 Å². The fraction of sp³-hybridized carbons (Fsp3) is 0.900. The lowest BCUT2D eigenvalue weighted by molar-refractivity contribution is -0.123. The Morgan fingerprint density at radius 2 is 2.13 bits per heavy atom. The van der Waals surface area contributed by atoms with Crippen LogP contribution < -0.4 is 10.6 Å². The van der Waals surface area contributed by atoms with Gasteiger partial charge in [-0.1, -0.05) is 0 Å². The molecule has 0 saturated carbocycles. The lowest BCUT2D eigenvalue weighted by atomic mass is 10.1. The van der Waals surface area contributed by atoms with E-state index in [1.165, 1.54) is 0 Å². The van der Waals surface area contributed by atoms with Crippen molar-refractivity contribution in [2.24, 2.45) is 0 Å². The summed E-state index contributed by atoms with van der Waals surface area (Å²) < 4.78 is 12.9. The maximum absolute atomic E-state index is 12.9. The highest BCUT2D eigenvalue weighted by molar-refractivity contribution is 7.99. The van der Waals surface area contributed by atoms with E-state index in [9.17, 15) is 9.18 Å². The van der Waals surface area contributed by atoms with Gasteiger partial charge in [0.05, 0.1) is 6.04 Å². The van der Waals surface area contributed by atoms with E-state index in [1.807, 2.05) is 11.8 Å². The molecule has 2 N–H and O–H groups in total. The van der Waals surface area contributed by atoms with E-state index >= 15 is 0 Å². The number of hydrogen-bond acceptors (Lipinski definition) is 3. The SMILES string of the molecule is O=C(NC1CCSCC1)[C@H]1C[C@H](F)CN1. The van der Waals surface area contributed by atoms with Gasteiger partial charge in [-0.15, -0.1) is 0 Å². The standard InChI is InChI=1S/C10H17FN2OS/c11-7-5-9(12-6-7)10(14)13-8-1-3-15-4-2-8/h7-9,12H,1-6H2,(H,13,14)/t7-,9+/m0/s1. The van der Waals surface area contributed by atoms with E-state index in [2.05, 4.69) is 10.6 Å². The molecule has 0 radical (unpaired) electrons. The van der Waals surface area contributed by atoms with E-state index in [0.29, 0.717) is 19.0 Å². The molecule has 3 nitrogen and oxygen atoms in total. The smallest absolute Gasteiger partial charge is 0.237 e. The highest BCUT2D eigenvalue weighted by Crippen LogP contribution is 2.17. The zero-order valence-corrected chi connectivity index (χ0v) is 9.49. The number of thioether (sulfide) groups is 1. The summed E-state index contributed by atoms with van der Waals surface area (Å²) in [6.07, 6.45) is 1.56.